The summed E-state index contributed by atoms with van der Waals surface area (Å²) in [6.07, 6.45) is 4.33. The molecule has 1 aliphatic carbocycles. The lowest BCUT2D eigenvalue weighted by Crippen LogP contribution is -2.03. The summed E-state index contributed by atoms with van der Waals surface area (Å²) >= 11 is 0. The van der Waals surface area contributed by atoms with Crippen LogP contribution in [0.5, 0.6) is 0 Å². The molecule has 0 saturated heterocycles. The van der Waals surface area contributed by atoms with Gasteiger partial charge in [-0.15, -0.1) is 0 Å². The van der Waals surface area contributed by atoms with Crippen LogP contribution in [0.1, 0.15) is 67.7 Å². The predicted molar refractivity (Wildman–Crippen MR) is 59.5 cm³/mol. The van der Waals surface area contributed by atoms with Crippen LogP contribution in [0.25, 0.3) is 0 Å². The van der Waals surface area contributed by atoms with Gasteiger partial charge in [-0.05, 0) is 24.2 Å². The van der Waals surface area contributed by atoms with Crippen LogP contribution in [0.3, 0.4) is 0 Å². The van der Waals surface area contributed by atoms with E-state index < -0.39 is 0 Å². The Morgan fingerprint density at radius 1 is 1.00 bits per heavy atom. The first kappa shape index (κ1) is 14.5. The van der Waals surface area contributed by atoms with Crippen LogP contribution in [-0.4, -0.2) is 0 Å². The molecule has 0 aromatic heterocycles. The molecular weight excluding hydrogens is 144 g/mol. The van der Waals surface area contributed by atoms with E-state index in [1.165, 1.54) is 19.3 Å². The van der Waals surface area contributed by atoms with E-state index in [1.54, 1.807) is 0 Å². The largest absolute Gasteiger partial charge is 0.0683 e. The third-order valence-corrected chi connectivity index (χ3v) is 2.21. The van der Waals surface area contributed by atoms with Gasteiger partial charge >= 0.3 is 0 Å². The predicted octanol–water partition coefficient (Wildman–Crippen LogP) is 4.89. The van der Waals surface area contributed by atoms with Crippen molar-refractivity contribution in [1.82, 2.24) is 0 Å². The molecule has 0 aromatic rings. The van der Waals surface area contributed by atoms with Crippen molar-refractivity contribution in [2.75, 3.05) is 0 Å². The zero-order chi connectivity index (χ0) is 10.2. The van der Waals surface area contributed by atoms with Crippen LogP contribution >= 0.6 is 0 Å². The molecule has 1 unspecified atom stereocenters. The normalized spacial score (nSPS) is 24.8. The summed E-state index contributed by atoms with van der Waals surface area (Å²) in [4.78, 5) is 0. The molecule has 0 bridgehead atoms. The van der Waals surface area contributed by atoms with Gasteiger partial charge < -0.3 is 0 Å². The molecule has 1 aliphatic rings. The lowest BCUT2D eigenvalue weighted by Gasteiger charge is -2.15. The summed E-state index contributed by atoms with van der Waals surface area (Å²) in [6, 6.07) is 0. The van der Waals surface area contributed by atoms with Crippen LogP contribution in [0.15, 0.2) is 0 Å². The molecule has 0 nitrogen and oxygen atoms in total. The standard InChI is InChI=1S/C8H16.2C2H6/c1-7-4-5-8(2,3)6-7;2*1-2/h7H,4-6H2,1-3H3;2*1-2H3. The van der Waals surface area contributed by atoms with E-state index in [0.29, 0.717) is 5.41 Å². The van der Waals surface area contributed by atoms with Crippen molar-refractivity contribution in [3.8, 4) is 0 Å². The summed E-state index contributed by atoms with van der Waals surface area (Å²) in [7, 11) is 0. The van der Waals surface area contributed by atoms with Gasteiger partial charge in [-0.2, -0.15) is 0 Å². The second kappa shape index (κ2) is 7.64. The van der Waals surface area contributed by atoms with E-state index in [9.17, 15) is 0 Å². The van der Waals surface area contributed by atoms with Crippen LogP contribution < -0.4 is 0 Å². The quantitative estimate of drug-likeness (QED) is 0.488. The monoisotopic (exact) mass is 172 g/mol. The molecule has 12 heavy (non-hydrogen) atoms. The highest BCUT2D eigenvalue weighted by molar-refractivity contribution is 4.79. The van der Waals surface area contributed by atoms with Crippen molar-refractivity contribution < 1.29 is 0 Å². The minimum atomic E-state index is 0.666. The SMILES string of the molecule is CC.CC.CC1CCC(C)(C)C1. The van der Waals surface area contributed by atoms with Gasteiger partial charge in [0.2, 0.25) is 0 Å². The smallest absolute Gasteiger partial charge is 0.0352 e. The fraction of sp³-hybridized carbons (Fsp3) is 1.00. The maximum Gasteiger partial charge on any atom is -0.0352 e. The number of hydrogen-bond donors (Lipinski definition) is 0. The first-order valence-electron chi connectivity index (χ1n) is 5.60. The van der Waals surface area contributed by atoms with Crippen LogP contribution in [-0.2, 0) is 0 Å². The topological polar surface area (TPSA) is 0 Å². The first-order chi connectivity index (χ1) is 5.60. The van der Waals surface area contributed by atoms with E-state index in [0.717, 1.165) is 5.92 Å². The van der Waals surface area contributed by atoms with Gasteiger partial charge in [0, 0.05) is 0 Å². The zero-order valence-electron chi connectivity index (χ0n) is 10.2. The molecule has 1 atom stereocenters. The van der Waals surface area contributed by atoms with Gasteiger partial charge in [-0.3, -0.25) is 0 Å². The molecule has 0 aliphatic heterocycles. The zero-order valence-corrected chi connectivity index (χ0v) is 10.2. The van der Waals surface area contributed by atoms with Gasteiger partial charge in [-0.1, -0.05) is 54.9 Å². The molecule has 76 valence electrons. The molecule has 1 rings (SSSR count). The lowest BCUT2D eigenvalue weighted by atomic mass is 9.91. The van der Waals surface area contributed by atoms with E-state index in [-0.39, 0.29) is 0 Å². The molecule has 0 N–H and O–H groups in total. The van der Waals surface area contributed by atoms with Crippen LogP contribution in [0.2, 0.25) is 0 Å². The van der Waals surface area contributed by atoms with E-state index in [2.05, 4.69) is 20.8 Å². The fourth-order valence-corrected chi connectivity index (χ4v) is 1.78. The van der Waals surface area contributed by atoms with Gasteiger partial charge in [0.15, 0.2) is 0 Å². The van der Waals surface area contributed by atoms with Gasteiger partial charge in [-0.25, -0.2) is 0 Å². The van der Waals surface area contributed by atoms with E-state index >= 15 is 0 Å². The third-order valence-electron chi connectivity index (χ3n) is 2.21. The molecular formula is C12H28. The highest BCUT2D eigenvalue weighted by atomic mass is 14.3. The lowest BCUT2D eigenvalue weighted by molar-refractivity contribution is 0.366. The van der Waals surface area contributed by atoms with E-state index in [1.807, 2.05) is 27.7 Å². The molecule has 0 amide bonds. The van der Waals surface area contributed by atoms with Gasteiger partial charge in [0.05, 0.1) is 0 Å². The Bertz CT molecular complexity index is 82.0. The fourth-order valence-electron chi connectivity index (χ4n) is 1.78. The summed E-state index contributed by atoms with van der Waals surface area (Å²) in [6.45, 7) is 15.1. The number of rotatable bonds is 0. The molecule has 0 spiro atoms. The Hall–Kier alpha value is 0. The molecule has 0 aromatic carbocycles. The minimum Gasteiger partial charge on any atom is -0.0683 e. The molecule has 1 fully saturated rings. The van der Waals surface area contributed by atoms with Crippen molar-refractivity contribution in [2.45, 2.75) is 67.7 Å². The Morgan fingerprint density at radius 2 is 1.42 bits per heavy atom. The number of hydrogen-bond acceptors (Lipinski definition) is 0. The molecule has 1 saturated carbocycles. The summed E-state index contributed by atoms with van der Waals surface area (Å²) in [5.41, 5.74) is 0.666. The Balaban J connectivity index is 0. The van der Waals surface area contributed by atoms with Crippen molar-refractivity contribution >= 4 is 0 Å². The highest BCUT2D eigenvalue weighted by Crippen LogP contribution is 2.40. The van der Waals surface area contributed by atoms with Crippen molar-refractivity contribution in [2.24, 2.45) is 11.3 Å². The molecule has 0 heterocycles. The van der Waals surface area contributed by atoms with Crippen LogP contribution in [0.4, 0.5) is 0 Å². The summed E-state index contributed by atoms with van der Waals surface area (Å²) < 4.78 is 0. The Labute approximate surface area is 79.8 Å². The highest BCUT2D eigenvalue weighted by Gasteiger charge is 2.27. The second-order valence-corrected chi connectivity index (χ2v) is 4.01. The molecule has 0 radical (unpaired) electrons. The minimum absolute atomic E-state index is 0.666. The first-order valence-corrected chi connectivity index (χ1v) is 5.60. The van der Waals surface area contributed by atoms with Crippen LogP contribution in [0, 0.1) is 11.3 Å². The summed E-state index contributed by atoms with van der Waals surface area (Å²) in [5, 5.41) is 0. The van der Waals surface area contributed by atoms with Crippen molar-refractivity contribution in [3.05, 3.63) is 0 Å². The maximum atomic E-state index is 2.37. The van der Waals surface area contributed by atoms with E-state index in [4.69, 9.17) is 0 Å². The molecule has 0 heteroatoms. The summed E-state index contributed by atoms with van der Waals surface area (Å²) in [5.74, 6) is 0.991. The average Bonchev–Trinajstić information content (AvgIpc) is 2.37. The van der Waals surface area contributed by atoms with Crippen molar-refractivity contribution in [1.29, 1.82) is 0 Å². The maximum absolute atomic E-state index is 2.37. The Kier molecular flexibility index (Phi) is 9.24. The van der Waals surface area contributed by atoms with Gasteiger partial charge in [0.25, 0.3) is 0 Å². The second-order valence-electron chi connectivity index (χ2n) is 4.01. The van der Waals surface area contributed by atoms with Gasteiger partial charge in [0.1, 0.15) is 0 Å². The van der Waals surface area contributed by atoms with Crippen molar-refractivity contribution in [3.63, 3.8) is 0 Å². The Morgan fingerprint density at radius 3 is 1.50 bits per heavy atom. The third kappa shape index (κ3) is 6.69. The average molecular weight is 172 g/mol.